The van der Waals surface area contributed by atoms with Gasteiger partial charge >= 0.3 is 5.97 Å². The van der Waals surface area contributed by atoms with Crippen molar-refractivity contribution in [3.05, 3.63) is 28.7 Å². The Morgan fingerprint density at radius 2 is 2.07 bits per heavy atom. The molecule has 2 rings (SSSR count). The topological polar surface area (TPSA) is 76.1 Å². The van der Waals surface area contributed by atoms with Crippen LogP contribution in [0.2, 0.25) is 0 Å². The molecule has 0 spiro atoms. The maximum absolute atomic E-state index is 12.8. The van der Waals surface area contributed by atoms with Gasteiger partial charge in [-0.05, 0) is 36.6 Å². The van der Waals surface area contributed by atoms with Crippen molar-refractivity contribution in [1.82, 2.24) is 4.90 Å². The lowest BCUT2D eigenvalue weighted by Gasteiger charge is -2.27. The second kappa shape index (κ2) is 9.23. The zero-order chi connectivity index (χ0) is 20.1. The lowest BCUT2D eigenvalue weighted by molar-refractivity contribution is -0.147. The Bertz CT molecular complexity index is 777. The number of carbonyl (C=O) groups is 2. The molecule has 1 N–H and O–H groups in total. The number of rotatable bonds is 8. The van der Waals surface area contributed by atoms with Crippen LogP contribution in [-0.2, 0) is 9.59 Å². The minimum absolute atomic E-state index is 0.213. The summed E-state index contributed by atoms with van der Waals surface area (Å²) in [5.74, 6) is -0.471. The highest BCUT2D eigenvalue weighted by molar-refractivity contribution is 8.26. The van der Waals surface area contributed by atoms with Gasteiger partial charge in [0.05, 0.1) is 18.6 Å². The number of ether oxygens (including phenoxy) is 2. The standard InChI is InChI=1S/C19H23NO5S2/c1-5-11(3)16(18(22)23)20-17(21)15(27-19(20)26)10-12-7-8-13(25-6-2)14(9-12)24-4/h7-11,16H,5-6H2,1-4H3,(H,22,23)/b15-10-. The molecule has 146 valence electrons. The van der Waals surface area contributed by atoms with E-state index in [9.17, 15) is 14.7 Å². The zero-order valence-corrected chi connectivity index (χ0v) is 17.4. The first-order valence-corrected chi connectivity index (χ1v) is 9.87. The first-order valence-electron chi connectivity index (χ1n) is 8.64. The summed E-state index contributed by atoms with van der Waals surface area (Å²) in [4.78, 5) is 26.2. The molecular formula is C19H23NO5S2. The van der Waals surface area contributed by atoms with Crippen molar-refractivity contribution in [2.24, 2.45) is 5.92 Å². The highest BCUT2D eigenvalue weighted by Crippen LogP contribution is 2.37. The lowest BCUT2D eigenvalue weighted by atomic mass is 9.98. The van der Waals surface area contributed by atoms with E-state index in [2.05, 4.69) is 0 Å². The monoisotopic (exact) mass is 409 g/mol. The Morgan fingerprint density at radius 3 is 2.63 bits per heavy atom. The van der Waals surface area contributed by atoms with Gasteiger partial charge in [0, 0.05) is 0 Å². The van der Waals surface area contributed by atoms with E-state index in [4.69, 9.17) is 21.7 Å². The second-order valence-electron chi connectivity index (χ2n) is 6.06. The van der Waals surface area contributed by atoms with Crippen molar-refractivity contribution in [3.63, 3.8) is 0 Å². The number of carbonyl (C=O) groups excluding carboxylic acids is 1. The summed E-state index contributed by atoms with van der Waals surface area (Å²) in [7, 11) is 1.55. The van der Waals surface area contributed by atoms with E-state index in [1.54, 1.807) is 32.2 Å². The molecule has 1 fully saturated rings. The summed E-state index contributed by atoms with van der Waals surface area (Å²) in [6.07, 6.45) is 2.32. The molecule has 1 amide bonds. The van der Waals surface area contributed by atoms with Crippen molar-refractivity contribution in [1.29, 1.82) is 0 Å². The number of aliphatic carboxylic acids is 1. The first-order chi connectivity index (χ1) is 12.8. The van der Waals surface area contributed by atoms with E-state index in [1.807, 2.05) is 19.9 Å². The van der Waals surface area contributed by atoms with Crippen LogP contribution >= 0.6 is 24.0 Å². The molecule has 2 atom stereocenters. The lowest BCUT2D eigenvalue weighted by Crippen LogP contribution is -2.47. The summed E-state index contributed by atoms with van der Waals surface area (Å²) in [5.41, 5.74) is 0.742. The number of methoxy groups -OCH3 is 1. The van der Waals surface area contributed by atoms with Crippen molar-refractivity contribution < 1.29 is 24.2 Å². The van der Waals surface area contributed by atoms with Crippen LogP contribution in [0.15, 0.2) is 23.1 Å². The summed E-state index contributed by atoms with van der Waals surface area (Å²) in [5, 5.41) is 9.58. The van der Waals surface area contributed by atoms with Crippen LogP contribution in [0.3, 0.4) is 0 Å². The van der Waals surface area contributed by atoms with Crippen LogP contribution in [0, 0.1) is 5.92 Å². The molecule has 2 unspecified atom stereocenters. The Hall–Kier alpha value is -2.06. The first kappa shape index (κ1) is 21.2. The third kappa shape index (κ3) is 4.62. The number of benzene rings is 1. The van der Waals surface area contributed by atoms with Crippen LogP contribution in [0.5, 0.6) is 11.5 Å². The van der Waals surface area contributed by atoms with Gasteiger partial charge in [-0.3, -0.25) is 9.69 Å². The van der Waals surface area contributed by atoms with Crippen molar-refractivity contribution in [2.75, 3.05) is 13.7 Å². The highest BCUT2D eigenvalue weighted by atomic mass is 32.2. The minimum atomic E-state index is -1.05. The number of hydrogen-bond acceptors (Lipinski definition) is 6. The van der Waals surface area contributed by atoms with Crippen molar-refractivity contribution in [3.8, 4) is 11.5 Å². The molecule has 0 radical (unpaired) electrons. The van der Waals surface area contributed by atoms with Gasteiger partial charge in [-0.15, -0.1) is 0 Å². The van der Waals surface area contributed by atoms with Gasteiger partial charge in [-0.25, -0.2) is 4.79 Å². The summed E-state index contributed by atoms with van der Waals surface area (Å²) < 4.78 is 11.1. The van der Waals surface area contributed by atoms with Gasteiger partial charge in [-0.1, -0.05) is 50.3 Å². The predicted molar refractivity (Wildman–Crippen MR) is 110 cm³/mol. The van der Waals surface area contributed by atoms with E-state index >= 15 is 0 Å². The molecule has 6 nitrogen and oxygen atoms in total. The smallest absolute Gasteiger partial charge is 0.327 e. The van der Waals surface area contributed by atoms with E-state index in [1.165, 1.54) is 4.90 Å². The molecule has 1 heterocycles. The SMILES string of the molecule is CCOc1ccc(/C=C2\SC(=S)N(C(C(=O)O)C(C)CC)C2=O)cc1OC. The zero-order valence-electron chi connectivity index (χ0n) is 15.7. The number of nitrogens with zero attached hydrogens (tertiary/aromatic N) is 1. The van der Waals surface area contributed by atoms with E-state index in [-0.39, 0.29) is 16.1 Å². The molecule has 0 bridgehead atoms. The van der Waals surface area contributed by atoms with Crippen LogP contribution < -0.4 is 9.47 Å². The molecule has 0 aromatic heterocycles. The van der Waals surface area contributed by atoms with Gasteiger partial charge in [0.15, 0.2) is 11.5 Å². The average Bonchev–Trinajstić information content (AvgIpc) is 2.90. The molecule has 1 aliphatic rings. The molecule has 1 saturated heterocycles. The highest BCUT2D eigenvalue weighted by Gasteiger charge is 2.42. The molecule has 1 aromatic rings. The van der Waals surface area contributed by atoms with Crippen LogP contribution in [0.25, 0.3) is 6.08 Å². The number of thioether (sulfide) groups is 1. The molecule has 0 saturated carbocycles. The normalized spacial score (nSPS) is 17.9. The van der Waals surface area contributed by atoms with E-state index in [0.29, 0.717) is 29.4 Å². The largest absolute Gasteiger partial charge is 0.493 e. The average molecular weight is 410 g/mol. The molecule has 1 aromatic carbocycles. The number of carboxylic acid groups (broad SMARTS) is 1. The Balaban J connectivity index is 2.34. The maximum atomic E-state index is 12.8. The van der Waals surface area contributed by atoms with Crippen LogP contribution in [0.4, 0.5) is 0 Å². The number of hydrogen-bond donors (Lipinski definition) is 1. The maximum Gasteiger partial charge on any atom is 0.327 e. The van der Waals surface area contributed by atoms with Gasteiger partial charge in [0.25, 0.3) is 5.91 Å². The van der Waals surface area contributed by atoms with Gasteiger partial charge in [0.2, 0.25) is 0 Å². The van der Waals surface area contributed by atoms with Crippen molar-refractivity contribution >= 4 is 46.3 Å². The number of thiocarbonyl (C=S) groups is 1. The second-order valence-corrected chi connectivity index (χ2v) is 7.74. The van der Waals surface area contributed by atoms with Crippen molar-refractivity contribution in [2.45, 2.75) is 33.2 Å². The minimum Gasteiger partial charge on any atom is -0.493 e. The Kier molecular flexibility index (Phi) is 7.26. The molecule has 27 heavy (non-hydrogen) atoms. The van der Waals surface area contributed by atoms with E-state index in [0.717, 1.165) is 17.3 Å². The fourth-order valence-corrected chi connectivity index (χ4v) is 4.08. The van der Waals surface area contributed by atoms with Gasteiger partial charge in [-0.2, -0.15) is 0 Å². The number of amides is 1. The summed E-state index contributed by atoms with van der Waals surface area (Å²) in [6.45, 7) is 6.09. The molecular weight excluding hydrogens is 386 g/mol. The Labute approximate surface area is 168 Å². The third-order valence-corrected chi connectivity index (χ3v) is 5.65. The molecule has 0 aliphatic carbocycles. The van der Waals surface area contributed by atoms with Crippen LogP contribution in [-0.4, -0.2) is 46.0 Å². The predicted octanol–water partition coefficient (Wildman–Crippen LogP) is 3.79. The number of carboxylic acids is 1. The van der Waals surface area contributed by atoms with Gasteiger partial charge < -0.3 is 14.6 Å². The van der Waals surface area contributed by atoms with Gasteiger partial charge in [0.1, 0.15) is 10.4 Å². The van der Waals surface area contributed by atoms with E-state index < -0.39 is 12.0 Å². The Morgan fingerprint density at radius 1 is 1.37 bits per heavy atom. The molecule has 1 aliphatic heterocycles. The fourth-order valence-electron chi connectivity index (χ4n) is 2.75. The summed E-state index contributed by atoms with van der Waals surface area (Å²) >= 11 is 6.41. The van der Waals surface area contributed by atoms with Crippen LogP contribution in [0.1, 0.15) is 32.8 Å². The fraction of sp³-hybridized carbons (Fsp3) is 0.421. The molecule has 8 heteroatoms. The summed E-state index contributed by atoms with van der Waals surface area (Å²) in [6, 6.07) is 4.38. The third-order valence-electron chi connectivity index (χ3n) is 4.32. The quantitative estimate of drug-likeness (QED) is 0.517.